The van der Waals surface area contributed by atoms with E-state index in [0.717, 1.165) is 16.4 Å². The minimum Gasteiger partial charge on any atom is -0.494 e. The maximum Gasteiger partial charge on any atom is 0.227 e. The Morgan fingerprint density at radius 2 is 1.83 bits per heavy atom. The summed E-state index contributed by atoms with van der Waals surface area (Å²) < 4.78 is 5.59. The van der Waals surface area contributed by atoms with Crippen LogP contribution in [0.3, 0.4) is 0 Å². The van der Waals surface area contributed by atoms with Gasteiger partial charge in [0.15, 0.2) is 0 Å². The summed E-state index contributed by atoms with van der Waals surface area (Å²) in [6.07, 6.45) is 1.34. The molecule has 0 bridgehead atoms. The average Bonchev–Trinajstić information content (AvgIpc) is 3.39. The summed E-state index contributed by atoms with van der Waals surface area (Å²) in [6.45, 7) is 1.04. The minimum atomic E-state index is -0.122. The lowest BCUT2D eigenvalue weighted by Crippen LogP contribution is -2.24. The van der Waals surface area contributed by atoms with Gasteiger partial charge in [0.05, 0.1) is 6.61 Å². The molecule has 1 aliphatic heterocycles. The first kappa shape index (κ1) is 20.0. The third kappa shape index (κ3) is 5.01. The van der Waals surface area contributed by atoms with Crippen molar-refractivity contribution in [2.75, 3.05) is 23.4 Å². The van der Waals surface area contributed by atoms with Gasteiger partial charge in [0.2, 0.25) is 16.9 Å². The number of hydrogen-bond donors (Lipinski definition) is 1. The van der Waals surface area contributed by atoms with Crippen LogP contribution in [-0.2, 0) is 9.59 Å². The number of rotatable bonds is 8. The molecule has 1 aromatic heterocycles. The van der Waals surface area contributed by atoms with Gasteiger partial charge >= 0.3 is 0 Å². The van der Waals surface area contributed by atoms with Crippen LogP contribution < -0.4 is 15.0 Å². The fourth-order valence-electron chi connectivity index (χ4n) is 3.30. The van der Waals surface area contributed by atoms with Crippen LogP contribution in [0.15, 0.2) is 60.7 Å². The number of carbonyl (C=O) groups is 2. The van der Waals surface area contributed by atoms with E-state index in [-0.39, 0.29) is 17.7 Å². The van der Waals surface area contributed by atoms with Gasteiger partial charge in [-0.15, -0.1) is 10.2 Å². The van der Waals surface area contributed by atoms with Crippen LogP contribution in [-0.4, -0.2) is 35.2 Å². The second-order valence-electron chi connectivity index (χ2n) is 7.00. The third-order valence-electron chi connectivity index (χ3n) is 4.79. The zero-order valence-corrected chi connectivity index (χ0v) is 17.2. The van der Waals surface area contributed by atoms with Crippen LogP contribution in [0.25, 0.3) is 0 Å². The summed E-state index contributed by atoms with van der Waals surface area (Å²) in [5.41, 5.74) is 0.890. The fraction of sp³-hybridized carbons (Fsp3) is 0.273. The molecule has 2 amide bonds. The van der Waals surface area contributed by atoms with Crippen molar-refractivity contribution in [1.82, 2.24) is 10.2 Å². The number of aromatic nitrogens is 2. The quantitative estimate of drug-likeness (QED) is 0.557. The van der Waals surface area contributed by atoms with Gasteiger partial charge < -0.3 is 15.0 Å². The first-order valence-electron chi connectivity index (χ1n) is 9.85. The SMILES string of the molecule is O=C(CCCOc1ccccc1)Nc1nnc([C@@H]2CC(=O)N(c3ccccc3)C2)s1. The van der Waals surface area contributed by atoms with Crippen LogP contribution in [0.1, 0.15) is 30.2 Å². The molecule has 1 fully saturated rings. The predicted molar refractivity (Wildman–Crippen MR) is 116 cm³/mol. The zero-order valence-electron chi connectivity index (χ0n) is 16.4. The third-order valence-corrected chi connectivity index (χ3v) is 5.79. The van der Waals surface area contributed by atoms with Crippen LogP contribution in [0.4, 0.5) is 10.8 Å². The molecule has 0 unspecified atom stereocenters. The van der Waals surface area contributed by atoms with Crippen molar-refractivity contribution in [3.63, 3.8) is 0 Å². The van der Waals surface area contributed by atoms with E-state index in [9.17, 15) is 9.59 Å². The number of ether oxygens (including phenoxy) is 1. The Labute approximate surface area is 178 Å². The maximum absolute atomic E-state index is 12.4. The number of anilines is 2. The fourth-order valence-corrected chi connectivity index (χ4v) is 4.15. The molecular weight excluding hydrogens is 400 g/mol. The van der Waals surface area contributed by atoms with Gasteiger partial charge in [-0.25, -0.2) is 0 Å². The summed E-state index contributed by atoms with van der Waals surface area (Å²) in [5, 5.41) is 12.3. The summed E-state index contributed by atoms with van der Waals surface area (Å²) in [7, 11) is 0. The largest absolute Gasteiger partial charge is 0.494 e. The van der Waals surface area contributed by atoms with Crippen molar-refractivity contribution < 1.29 is 14.3 Å². The molecule has 1 saturated heterocycles. The van der Waals surface area contributed by atoms with Crippen molar-refractivity contribution in [2.24, 2.45) is 0 Å². The summed E-state index contributed by atoms with van der Waals surface area (Å²) in [6, 6.07) is 19.1. The highest BCUT2D eigenvalue weighted by atomic mass is 32.1. The van der Waals surface area contributed by atoms with Gasteiger partial charge in [-0.3, -0.25) is 9.59 Å². The average molecular weight is 423 g/mol. The second kappa shape index (κ2) is 9.49. The van der Waals surface area contributed by atoms with Crippen molar-refractivity contribution in [2.45, 2.75) is 25.2 Å². The molecule has 1 atom stereocenters. The minimum absolute atomic E-state index is 0.0138. The second-order valence-corrected chi connectivity index (χ2v) is 8.01. The Hall–Kier alpha value is -3.26. The molecule has 2 heterocycles. The molecule has 7 nitrogen and oxygen atoms in total. The number of carbonyl (C=O) groups excluding carboxylic acids is 2. The lowest BCUT2D eigenvalue weighted by molar-refractivity contribution is -0.117. The first-order chi connectivity index (χ1) is 14.7. The van der Waals surface area contributed by atoms with Gasteiger partial charge in [-0.1, -0.05) is 47.7 Å². The monoisotopic (exact) mass is 422 g/mol. The molecule has 0 spiro atoms. The number of amides is 2. The number of nitrogens with one attached hydrogen (secondary N) is 1. The van der Waals surface area contributed by atoms with Gasteiger partial charge in [-0.2, -0.15) is 0 Å². The van der Waals surface area contributed by atoms with E-state index in [4.69, 9.17) is 4.74 Å². The van der Waals surface area contributed by atoms with Gasteiger partial charge in [0.1, 0.15) is 10.8 Å². The molecule has 4 rings (SSSR count). The Kier molecular flexibility index (Phi) is 6.34. The van der Waals surface area contributed by atoms with Gasteiger partial charge in [-0.05, 0) is 30.7 Å². The molecule has 0 saturated carbocycles. The topological polar surface area (TPSA) is 84.4 Å². The van der Waals surface area contributed by atoms with Crippen molar-refractivity contribution in [1.29, 1.82) is 0 Å². The van der Waals surface area contributed by atoms with Crippen LogP contribution in [0, 0.1) is 0 Å². The molecule has 0 aliphatic carbocycles. The van der Waals surface area contributed by atoms with Crippen LogP contribution in [0.2, 0.25) is 0 Å². The summed E-state index contributed by atoms with van der Waals surface area (Å²) in [5.74, 6) is 0.732. The zero-order chi connectivity index (χ0) is 20.8. The van der Waals surface area contributed by atoms with Crippen molar-refractivity contribution in [3.8, 4) is 5.75 Å². The lowest BCUT2D eigenvalue weighted by atomic mass is 10.1. The molecule has 0 radical (unpaired) electrons. The first-order valence-corrected chi connectivity index (χ1v) is 10.7. The number of nitrogens with zero attached hydrogens (tertiary/aromatic N) is 3. The smallest absolute Gasteiger partial charge is 0.227 e. The van der Waals surface area contributed by atoms with Crippen molar-refractivity contribution >= 4 is 34.0 Å². The van der Waals surface area contributed by atoms with Gasteiger partial charge in [0, 0.05) is 31.0 Å². The van der Waals surface area contributed by atoms with E-state index in [0.29, 0.717) is 37.5 Å². The Morgan fingerprint density at radius 3 is 2.60 bits per heavy atom. The van der Waals surface area contributed by atoms with Gasteiger partial charge in [0.25, 0.3) is 0 Å². The van der Waals surface area contributed by atoms with E-state index in [1.165, 1.54) is 11.3 Å². The highest BCUT2D eigenvalue weighted by Gasteiger charge is 2.33. The van der Waals surface area contributed by atoms with Crippen molar-refractivity contribution in [3.05, 3.63) is 65.7 Å². The van der Waals surface area contributed by atoms with Crippen LogP contribution >= 0.6 is 11.3 Å². The molecule has 1 aliphatic rings. The Bertz CT molecular complexity index is 994. The highest BCUT2D eigenvalue weighted by Crippen LogP contribution is 2.34. The number of hydrogen-bond acceptors (Lipinski definition) is 6. The standard InChI is InChI=1S/C22H22N4O3S/c27-19(12-7-13-29-18-10-5-2-6-11-18)23-22-25-24-21(30-22)16-14-20(28)26(15-16)17-8-3-1-4-9-17/h1-6,8-11,16H,7,12-15H2,(H,23,25,27)/t16-/m1/s1. The van der Waals surface area contributed by atoms with E-state index >= 15 is 0 Å². The number of para-hydroxylation sites is 2. The molecule has 154 valence electrons. The molecule has 30 heavy (non-hydrogen) atoms. The van der Waals surface area contributed by atoms with E-state index < -0.39 is 0 Å². The van der Waals surface area contributed by atoms with E-state index in [1.54, 1.807) is 4.90 Å². The Morgan fingerprint density at radius 1 is 1.10 bits per heavy atom. The maximum atomic E-state index is 12.4. The summed E-state index contributed by atoms with van der Waals surface area (Å²) >= 11 is 1.33. The molecule has 8 heteroatoms. The molecule has 1 N–H and O–H groups in total. The molecule has 3 aromatic rings. The normalized spacial score (nSPS) is 15.9. The molecule has 2 aromatic carbocycles. The Balaban J connectivity index is 1.25. The molecular formula is C22H22N4O3S. The predicted octanol–water partition coefficient (Wildman–Crippen LogP) is 3.86. The highest BCUT2D eigenvalue weighted by molar-refractivity contribution is 7.15. The summed E-state index contributed by atoms with van der Waals surface area (Å²) in [4.78, 5) is 26.3. The van der Waals surface area contributed by atoms with E-state index in [2.05, 4.69) is 15.5 Å². The lowest BCUT2D eigenvalue weighted by Gasteiger charge is -2.15. The van der Waals surface area contributed by atoms with Crippen LogP contribution in [0.5, 0.6) is 5.75 Å². The number of benzene rings is 2. The van der Waals surface area contributed by atoms with E-state index in [1.807, 2.05) is 60.7 Å².